The summed E-state index contributed by atoms with van der Waals surface area (Å²) in [5.74, 6) is -1.27. The molecule has 1 aromatic rings. The normalized spacial score (nSPS) is 18.7. The van der Waals surface area contributed by atoms with Gasteiger partial charge in [0.15, 0.2) is 5.84 Å². The first-order valence-electron chi connectivity index (χ1n) is 9.81. The Bertz CT molecular complexity index is 821. The number of benzene rings is 1. The van der Waals surface area contributed by atoms with Crippen LogP contribution in [-0.2, 0) is 19.0 Å². The van der Waals surface area contributed by atoms with Gasteiger partial charge in [-0.2, -0.15) is 10.0 Å². The van der Waals surface area contributed by atoms with E-state index in [1.807, 2.05) is 0 Å². The number of amides is 2. The van der Waals surface area contributed by atoms with Gasteiger partial charge in [0.25, 0.3) is 5.66 Å². The Kier molecular flexibility index (Phi) is 7.07. The molecule has 0 radical (unpaired) electrons. The number of methoxy groups -OCH3 is 1. The molecule has 2 amide bonds. The first-order chi connectivity index (χ1) is 14.1. The van der Waals surface area contributed by atoms with Gasteiger partial charge < -0.3 is 14.2 Å². The number of rotatable bonds is 5. The largest absolute Gasteiger partial charge is 0.466 e. The first-order valence-corrected chi connectivity index (χ1v) is 9.81. The van der Waals surface area contributed by atoms with Gasteiger partial charge in [-0.1, -0.05) is 44.2 Å². The summed E-state index contributed by atoms with van der Waals surface area (Å²) in [6.07, 6.45) is -2.74. The second-order valence-corrected chi connectivity index (χ2v) is 7.66. The SMILES string of the molecule is COC(=O)[C@@]1(C(C)C)N=C(c2ccccc2)N(C(=O)OC(C)C)N1C(=O)OC(C)C. The minimum Gasteiger partial charge on any atom is -0.466 e. The fraction of sp³-hybridized carbons (Fsp3) is 0.524. The van der Waals surface area contributed by atoms with Gasteiger partial charge >= 0.3 is 18.2 Å². The van der Waals surface area contributed by atoms with Crippen molar-refractivity contribution in [1.29, 1.82) is 0 Å². The van der Waals surface area contributed by atoms with Crippen LogP contribution >= 0.6 is 0 Å². The van der Waals surface area contributed by atoms with Crippen LogP contribution in [0.25, 0.3) is 0 Å². The zero-order valence-corrected chi connectivity index (χ0v) is 18.4. The average molecular weight is 419 g/mol. The van der Waals surface area contributed by atoms with E-state index >= 15 is 0 Å². The number of hydrazine groups is 1. The molecule has 2 rings (SSSR count). The Morgan fingerprint density at radius 3 is 1.90 bits per heavy atom. The average Bonchev–Trinajstić information content (AvgIpc) is 3.04. The lowest BCUT2D eigenvalue weighted by Crippen LogP contribution is -2.63. The molecule has 0 saturated carbocycles. The lowest BCUT2D eigenvalue weighted by Gasteiger charge is -2.38. The number of ether oxygens (including phenoxy) is 3. The summed E-state index contributed by atoms with van der Waals surface area (Å²) < 4.78 is 15.7. The third-order valence-electron chi connectivity index (χ3n) is 4.34. The van der Waals surface area contributed by atoms with Crippen LogP contribution in [0.3, 0.4) is 0 Å². The molecule has 0 unspecified atom stereocenters. The van der Waals surface area contributed by atoms with Gasteiger partial charge in [-0.3, -0.25) is 0 Å². The Morgan fingerprint density at radius 2 is 1.43 bits per heavy atom. The summed E-state index contributed by atoms with van der Waals surface area (Å²) in [5, 5.41) is 1.85. The van der Waals surface area contributed by atoms with Crippen LogP contribution in [0.5, 0.6) is 0 Å². The minimum atomic E-state index is -1.85. The minimum absolute atomic E-state index is 0.0843. The smallest absolute Gasteiger partial charge is 0.435 e. The summed E-state index contributed by atoms with van der Waals surface area (Å²) in [6, 6.07) is 8.75. The standard InChI is InChI=1S/C21H29N3O6/c1-13(2)21(18(25)28-7)22-17(16-11-9-8-10-12-16)23(19(26)29-14(3)4)24(21)20(27)30-15(5)6/h8-15H,1-7H3/t21-/m0/s1. The Labute approximate surface area is 176 Å². The summed E-state index contributed by atoms with van der Waals surface area (Å²) in [4.78, 5) is 43.8. The maximum atomic E-state index is 13.1. The Morgan fingerprint density at radius 1 is 0.900 bits per heavy atom. The maximum Gasteiger partial charge on any atom is 0.435 e. The van der Waals surface area contributed by atoms with Gasteiger partial charge in [0, 0.05) is 11.5 Å². The highest BCUT2D eigenvalue weighted by Gasteiger charge is 2.61. The molecule has 0 fully saturated rings. The number of carbonyl (C=O) groups excluding carboxylic acids is 3. The number of amidine groups is 1. The second kappa shape index (κ2) is 9.15. The molecule has 0 aliphatic carbocycles. The Balaban J connectivity index is 2.77. The molecular weight excluding hydrogens is 390 g/mol. The monoisotopic (exact) mass is 419 g/mol. The predicted molar refractivity (Wildman–Crippen MR) is 109 cm³/mol. The zero-order chi connectivity index (χ0) is 22.6. The van der Waals surface area contributed by atoms with Crippen molar-refractivity contribution in [2.24, 2.45) is 10.9 Å². The van der Waals surface area contributed by atoms with E-state index in [4.69, 9.17) is 14.2 Å². The number of hydrogen-bond donors (Lipinski definition) is 0. The van der Waals surface area contributed by atoms with Crippen LogP contribution in [0.4, 0.5) is 9.59 Å². The number of aliphatic imine (C=N–C) groups is 1. The molecule has 1 aromatic carbocycles. The molecule has 30 heavy (non-hydrogen) atoms. The molecule has 1 heterocycles. The fourth-order valence-corrected chi connectivity index (χ4v) is 3.06. The number of carbonyl (C=O) groups is 3. The number of hydrogen-bond acceptors (Lipinski definition) is 7. The van der Waals surface area contributed by atoms with Gasteiger partial charge in [0.2, 0.25) is 0 Å². The molecule has 1 aliphatic rings. The van der Waals surface area contributed by atoms with Crippen LogP contribution in [0.2, 0.25) is 0 Å². The van der Waals surface area contributed by atoms with Crippen molar-refractivity contribution in [2.45, 2.75) is 59.4 Å². The summed E-state index contributed by atoms with van der Waals surface area (Å²) in [6.45, 7) is 10.1. The third kappa shape index (κ3) is 4.24. The molecule has 0 saturated heterocycles. The molecule has 0 bridgehead atoms. The lowest BCUT2D eigenvalue weighted by atomic mass is 9.96. The van der Waals surface area contributed by atoms with Crippen LogP contribution in [-0.4, -0.2) is 59.0 Å². The van der Waals surface area contributed by atoms with E-state index in [2.05, 4.69) is 4.99 Å². The van der Waals surface area contributed by atoms with Gasteiger partial charge in [-0.25, -0.2) is 19.4 Å². The molecule has 9 nitrogen and oxygen atoms in total. The van der Waals surface area contributed by atoms with Crippen LogP contribution < -0.4 is 0 Å². The highest BCUT2D eigenvalue weighted by Crippen LogP contribution is 2.38. The van der Waals surface area contributed by atoms with E-state index < -0.39 is 41.9 Å². The summed E-state index contributed by atoms with van der Waals surface area (Å²) in [7, 11) is 1.20. The number of esters is 1. The van der Waals surface area contributed by atoms with Crippen molar-refractivity contribution in [3.63, 3.8) is 0 Å². The van der Waals surface area contributed by atoms with Crippen molar-refractivity contribution in [2.75, 3.05) is 7.11 Å². The highest BCUT2D eigenvalue weighted by molar-refractivity contribution is 6.11. The summed E-state index contributed by atoms with van der Waals surface area (Å²) >= 11 is 0. The molecule has 1 atom stereocenters. The van der Waals surface area contributed by atoms with Crippen LogP contribution in [0.1, 0.15) is 47.1 Å². The van der Waals surface area contributed by atoms with E-state index in [0.29, 0.717) is 5.56 Å². The first kappa shape index (κ1) is 23.2. The Hall–Kier alpha value is -3.10. The maximum absolute atomic E-state index is 13.1. The number of nitrogens with zero attached hydrogens (tertiary/aromatic N) is 3. The van der Waals surface area contributed by atoms with Crippen molar-refractivity contribution in [3.8, 4) is 0 Å². The van der Waals surface area contributed by atoms with E-state index in [9.17, 15) is 14.4 Å². The van der Waals surface area contributed by atoms with Gasteiger partial charge in [0.1, 0.15) is 0 Å². The van der Waals surface area contributed by atoms with Crippen molar-refractivity contribution in [3.05, 3.63) is 35.9 Å². The van der Waals surface area contributed by atoms with Crippen LogP contribution in [0, 0.1) is 5.92 Å². The molecule has 1 aliphatic heterocycles. The molecule has 0 N–H and O–H groups in total. The topological polar surface area (TPSA) is 97.7 Å². The fourth-order valence-electron chi connectivity index (χ4n) is 3.06. The van der Waals surface area contributed by atoms with Gasteiger partial charge in [-0.05, 0) is 27.7 Å². The molecule has 0 aromatic heterocycles. The lowest BCUT2D eigenvalue weighted by molar-refractivity contribution is -0.162. The highest BCUT2D eigenvalue weighted by atomic mass is 16.6. The molecule has 9 heteroatoms. The van der Waals surface area contributed by atoms with E-state index in [1.165, 1.54) is 7.11 Å². The van der Waals surface area contributed by atoms with Crippen LogP contribution in [0.15, 0.2) is 35.3 Å². The molecular formula is C21H29N3O6. The van der Waals surface area contributed by atoms with Crippen molar-refractivity contribution in [1.82, 2.24) is 10.0 Å². The van der Waals surface area contributed by atoms with Gasteiger partial charge in [-0.15, -0.1) is 0 Å². The molecule has 0 spiro atoms. The predicted octanol–water partition coefficient (Wildman–Crippen LogP) is 3.58. The van der Waals surface area contributed by atoms with Crippen molar-refractivity contribution < 1.29 is 28.6 Å². The van der Waals surface area contributed by atoms with E-state index in [0.717, 1.165) is 10.0 Å². The van der Waals surface area contributed by atoms with Gasteiger partial charge in [0.05, 0.1) is 19.3 Å². The summed E-state index contributed by atoms with van der Waals surface area (Å²) in [5.41, 5.74) is -1.32. The van der Waals surface area contributed by atoms with E-state index in [-0.39, 0.29) is 5.84 Å². The third-order valence-corrected chi connectivity index (χ3v) is 4.34. The molecule has 164 valence electrons. The van der Waals surface area contributed by atoms with E-state index in [1.54, 1.807) is 71.9 Å². The quantitative estimate of drug-likeness (QED) is 0.534. The van der Waals surface area contributed by atoms with Crippen molar-refractivity contribution >= 4 is 24.0 Å². The zero-order valence-electron chi connectivity index (χ0n) is 18.4. The second-order valence-electron chi connectivity index (χ2n) is 7.66.